The number of thiophene rings is 1. The highest BCUT2D eigenvalue weighted by molar-refractivity contribution is 7.22. The molecule has 3 aromatic heterocycles. The van der Waals surface area contributed by atoms with Crippen molar-refractivity contribution in [3.63, 3.8) is 0 Å². The minimum absolute atomic E-state index is 0.517. The van der Waals surface area contributed by atoms with Crippen LogP contribution in [-0.2, 0) is 6.54 Å². The van der Waals surface area contributed by atoms with Crippen molar-refractivity contribution in [1.82, 2.24) is 24.4 Å². The molecule has 2 aliphatic heterocycles. The van der Waals surface area contributed by atoms with Crippen LogP contribution in [-0.4, -0.2) is 63.7 Å². The number of benzene rings is 1. The molecule has 0 amide bonds. The number of methoxy groups -OCH3 is 1. The van der Waals surface area contributed by atoms with Crippen molar-refractivity contribution in [3.8, 4) is 16.2 Å². The predicted octanol–water partition coefficient (Wildman–Crippen LogP) is 4.18. The van der Waals surface area contributed by atoms with E-state index >= 15 is 0 Å². The number of aryl methyl sites for hydroxylation is 1. The maximum Gasteiger partial charge on any atom is 0.152 e. The monoisotopic (exact) mass is 462 g/mol. The first kappa shape index (κ1) is 20.9. The second kappa shape index (κ2) is 8.27. The van der Waals surface area contributed by atoms with E-state index in [1.165, 1.54) is 43.3 Å². The zero-order valence-electron chi connectivity index (χ0n) is 19.3. The molecule has 1 unspecified atom stereocenters. The summed E-state index contributed by atoms with van der Waals surface area (Å²) in [6.07, 6.45) is 5.50. The van der Waals surface area contributed by atoms with Crippen molar-refractivity contribution in [1.29, 1.82) is 0 Å². The molecule has 2 N–H and O–H groups in total. The molecule has 2 aliphatic rings. The first-order valence-corrected chi connectivity index (χ1v) is 12.6. The van der Waals surface area contributed by atoms with Gasteiger partial charge in [0.25, 0.3) is 0 Å². The van der Waals surface area contributed by atoms with E-state index in [1.54, 1.807) is 24.8 Å². The maximum absolute atomic E-state index is 6.38. The Balaban J connectivity index is 1.37. The molecule has 7 nitrogen and oxygen atoms in total. The molecule has 0 spiro atoms. The van der Waals surface area contributed by atoms with Crippen molar-refractivity contribution in [2.45, 2.75) is 38.8 Å². The van der Waals surface area contributed by atoms with Crippen molar-refractivity contribution in [2.24, 2.45) is 0 Å². The average molecular weight is 463 g/mol. The molecule has 8 heteroatoms. The zero-order valence-corrected chi connectivity index (χ0v) is 20.1. The molecule has 1 atom stereocenters. The Morgan fingerprint density at radius 3 is 2.82 bits per heavy atom. The largest absolute Gasteiger partial charge is 0.495 e. The summed E-state index contributed by atoms with van der Waals surface area (Å²) in [7, 11) is 1.73. The molecule has 2 fully saturated rings. The molecular weight excluding hydrogens is 432 g/mol. The fraction of sp³-hybridized carbons (Fsp3) is 0.440. The number of nitrogen functional groups attached to an aromatic ring is 1. The van der Waals surface area contributed by atoms with Gasteiger partial charge in [0.15, 0.2) is 5.82 Å². The van der Waals surface area contributed by atoms with E-state index in [9.17, 15) is 0 Å². The highest BCUT2D eigenvalue weighted by Crippen LogP contribution is 2.42. The summed E-state index contributed by atoms with van der Waals surface area (Å²) in [5.74, 6) is 1.43. The van der Waals surface area contributed by atoms with Gasteiger partial charge in [0.1, 0.15) is 17.6 Å². The van der Waals surface area contributed by atoms with E-state index in [0.29, 0.717) is 11.9 Å². The van der Waals surface area contributed by atoms with Crippen LogP contribution < -0.4 is 10.5 Å². The number of aromatic nitrogens is 3. The van der Waals surface area contributed by atoms with Crippen molar-refractivity contribution in [2.75, 3.05) is 39.0 Å². The van der Waals surface area contributed by atoms with E-state index in [4.69, 9.17) is 10.5 Å². The summed E-state index contributed by atoms with van der Waals surface area (Å²) in [5, 5.41) is 5.79. The lowest BCUT2D eigenvalue weighted by Crippen LogP contribution is -2.35. The fourth-order valence-corrected chi connectivity index (χ4v) is 6.72. The molecule has 1 aromatic carbocycles. The van der Waals surface area contributed by atoms with Gasteiger partial charge in [0.05, 0.1) is 17.5 Å². The molecular formula is C25H30N6OS. The minimum atomic E-state index is 0.517. The third kappa shape index (κ3) is 3.66. The topological polar surface area (TPSA) is 71.9 Å². The van der Waals surface area contributed by atoms with Gasteiger partial charge in [0, 0.05) is 36.1 Å². The van der Waals surface area contributed by atoms with Gasteiger partial charge in [0.2, 0.25) is 0 Å². The van der Waals surface area contributed by atoms with Crippen LogP contribution in [0.4, 0.5) is 5.82 Å². The lowest BCUT2D eigenvalue weighted by atomic mass is 10.1. The molecule has 172 valence electrons. The summed E-state index contributed by atoms with van der Waals surface area (Å²) >= 11 is 1.74. The molecule has 33 heavy (non-hydrogen) atoms. The van der Waals surface area contributed by atoms with Crippen LogP contribution in [0, 0.1) is 6.92 Å². The molecule has 2 saturated heterocycles. The summed E-state index contributed by atoms with van der Waals surface area (Å²) in [4.78, 5) is 10.7. The second-order valence-corrected chi connectivity index (χ2v) is 10.4. The first-order valence-electron chi connectivity index (χ1n) is 11.8. The fourth-order valence-electron chi connectivity index (χ4n) is 5.57. The van der Waals surface area contributed by atoms with Gasteiger partial charge in [-0.1, -0.05) is 6.07 Å². The molecule has 6 rings (SSSR count). The summed E-state index contributed by atoms with van der Waals surface area (Å²) in [5.41, 5.74) is 10.7. The number of nitrogens with zero attached hydrogens (tertiary/aromatic N) is 5. The standard InChI is InChI=1S/C25H30N6OS/c1-16-9-17-11-22(33-24(17)21(10-16)32-2)20-12-19(31-23(20)25(26)27-15-28-31)14-29-8-5-18(13-29)30-6-3-4-7-30/h9-12,15,18H,3-8,13-14H2,1-2H3,(H2,26,27,28). The summed E-state index contributed by atoms with van der Waals surface area (Å²) in [6.45, 7) is 7.74. The van der Waals surface area contributed by atoms with E-state index in [1.807, 2.05) is 4.52 Å². The highest BCUT2D eigenvalue weighted by Gasteiger charge is 2.30. The number of hydrogen-bond donors (Lipinski definition) is 1. The number of fused-ring (bicyclic) bond motifs is 2. The third-order valence-corrected chi connectivity index (χ3v) is 8.36. The second-order valence-electron chi connectivity index (χ2n) is 9.37. The van der Waals surface area contributed by atoms with E-state index in [-0.39, 0.29) is 0 Å². The van der Waals surface area contributed by atoms with Gasteiger partial charge in [-0.3, -0.25) is 9.80 Å². The first-order chi connectivity index (χ1) is 16.1. The number of rotatable bonds is 5. The SMILES string of the molecule is COc1cc(C)cc2cc(-c3cc(CN4CCC(N5CCCC5)C4)n4ncnc(N)c34)sc12. The Morgan fingerprint density at radius 2 is 2.00 bits per heavy atom. The van der Waals surface area contributed by atoms with Crippen molar-refractivity contribution >= 4 is 32.8 Å². The van der Waals surface area contributed by atoms with Crippen LogP contribution in [0.2, 0.25) is 0 Å². The van der Waals surface area contributed by atoms with Crippen LogP contribution in [0.3, 0.4) is 0 Å². The maximum atomic E-state index is 6.38. The van der Waals surface area contributed by atoms with Gasteiger partial charge in [-0.15, -0.1) is 11.3 Å². The number of likely N-dealkylation sites (tertiary alicyclic amines) is 2. The Morgan fingerprint density at radius 1 is 1.15 bits per heavy atom. The van der Waals surface area contributed by atoms with E-state index < -0.39 is 0 Å². The number of anilines is 1. The highest BCUT2D eigenvalue weighted by atomic mass is 32.1. The molecule has 0 saturated carbocycles. The Hall–Kier alpha value is -2.68. The van der Waals surface area contributed by atoms with E-state index in [2.05, 4.69) is 51.1 Å². The van der Waals surface area contributed by atoms with Crippen molar-refractivity contribution < 1.29 is 4.74 Å². The van der Waals surface area contributed by atoms with Crippen LogP contribution in [0.15, 0.2) is 30.6 Å². The van der Waals surface area contributed by atoms with Crippen molar-refractivity contribution in [3.05, 3.63) is 41.9 Å². The quantitative estimate of drug-likeness (QED) is 0.480. The number of hydrogen-bond acceptors (Lipinski definition) is 7. The van der Waals surface area contributed by atoms with Gasteiger partial charge in [-0.25, -0.2) is 9.50 Å². The molecule has 0 radical (unpaired) electrons. The van der Waals surface area contributed by atoms with Gasteiger partial charge >= 0.3 is 0 Å². The Kier molecular flexibility index (Phi) is 5.24. The van der Waals surface area contributed by atoms with Gasteiger partial charge in [-0.2, -0.15) is 5.10 Å². The normalized spacial score (nSPS) is 19.9. The van der Waals surface area contributed by atoms with Gasteiger partial charge in [-0.05, 0) is 68.4 Å². The average Bonchev–Trinajstić information content (AvgIpc) is 3.59. The lowest BCUT2D eigenvalue weighted by Gasteiger charge is -2.23. The predicted molar refractivity (Wildman–Crippen MR) is 134 cm³/mol. The Labute approximate surface area is 197 Å². The van der Waals surface area contributed by atoms with Crippen LogP contribution in [0.5, 0.6) is 5.75 Å². The van der Waals surface area contributed by atoms with Crippen LogP contribution in [0.1, 0.15) is 30.5 Å². The summed E-state index contributed by atoms with van der Waals surface area (Å²) < 4.78 is 8.81. The van der Waals surface area contributed by atoms with Crippen LogP contribution >= 0.6 is 11.3 Å². The Bertz CT molecular complexity index is 1320. The summed E-state index contributed by atoms with van der Waals surface area (Å²) in [6, 6.07) is 9.48. The number of ether oxygens (including phenoxy) is 1. The molecule has 0 bridgehead atoms. The smallest absolute Gasteiger partial charge is 0.152 e. The zero-order chi connectivity index (χ0) is 22.5. The minimum Gasteiger partial charge on any atom is -0.495 e. The lowest BCUT2D eigenvalue weighted by molar-refractivity contribution is 0.228. The molecule has 5 heterocycles. The third-order valence-electron chi connectivity index (χ3n) is 7.16. The van der Waals surface area contributed by atoms with Gasteiger partial charge < -0.3 is 10.5 Å². The molecule has 4 aromatic rings. The van der Waals surface area contributed by atoms with Crippen LogP contribution in [0.25, 0.3) is 26.0 Å². The number of nitrogens with two attached hydrogens (primary N) is 1. The molecule has 0 aliphatic carbocycles. The van der Waals surface area contributed by atoms with E-state index in [0.717, 1.165) is 51.7 Å².